The molecule has 0 fully saturated rings. The van der Waals surface area contributed by atoms with Crippen molar-refractivity contribution in [1.29, 1.82) is 5.26 Å². The van der Waals surface area contributed by atoms with Crippen molar-refractivity contribution < 1.29 is 13.9 Å². The lowest BCUT2D eigenvalue weighted by Gasteiger charge is -2.12. The zero-order valence-corrected chi connectivity index (χ0v) is 12.2. The maximum absolute atomic E-state index is 13.7. The number of rotatable bonds is 5. The van der Waals surface area contributed by atoms with E-state index in [4.69, 9.17) is 26.3 Å². The molecule has 0 aromatic heterocycles. The van der Waals surface area contributed by atoms with Crippen LogP contribution < -0.4 is 9.47 Å². The van der Waals surface area contributed by atoms with Crippen molar-refractivity contribution in [3.63, 3.8) is 0 Å². The highest BCUT2D eigenvalue weighted by Crippen LogP contribution is 2.29. The van der Waals surface area contributed by atoms with Gasteiger partial charge in [0.1, 0.15) is 12.4 Å². The van der Waals surface area contributed by atoms with Crippen LogP contribution in [-0.4, -0.2) is 6.61 Å². The zero-order valence-electron chi connectivity index (χ0n) is 11.4. The predicted molar refractivity (Wildman–Crippen MR) is 78.1 cm³/mol. The van der Waals surface area contributed by atoms with Gasteiger partial charge in [0.25, 0.3) is 0 Å². The van der Waals surface area contributed by atoms with Gasteiger partial charge in [0.05, 0.1) is 18.2 Å². The first-order valence-corrected chi connectivity index (χ1v) is 6.75. The average molecular weight is 306 g/mol. The van der Waals surface area contributed by atoms with Gasteiger partial charge in [-0.05, 0) is 31.2 Å². The van der Waals surface area contributed by atoms with E-state index >= 15 is 0 Å². The summed E-state index contributed by atoms with van der Waals surface area (Å²) < 4.78 is 24.7. The van der Waals surface area contributed by atoms with Gasteiger partial charge in [-0.2, -0.15) is 5.26 Å². The van der Waals surface area contributed by atoms with Crippen LogP contribution in [0.3, 0.4) is 0 Å². The van der Waals surface area contributed by atoms with Crippen LogP contribution in [0.5, 0.6) is 11.5 Å². The molecule has 0 saturated carbocycles. The number of hydrogen-bond donors (Lipinski definition) is 0. The molecule has 0 spiro atoms. The van der Waals surface area contributed by atoms with Crippen LogP contribution in [0.15, 0.2) is 36.4 Å². The van der Waals surface area contributed by atoms with E-state index in [1.807, 2.05) is 13.0 Å². The summed E-state index contributed by atoms with van der Waals surface area (Å²) in [5.41, 5.74) is 0.870. The maximum Gasteiger partial charge on any atom is 0.162 e. The summed E-state index contributed by atoms with van der Waals surface area (Å²) >= 11 is 5.70. The van der Waals surface area contributed by atoms with Gasteiger partial charge in [0.2, 0.25) is 0 Å². The van der Waals surface area contributed by atoms with Crippen LogP contribution in [0, 0.1) is 17.1 Å². The Labute approximate surface area is 127 Å². The number of hydrogen-bond acceptors (Lipinski definition) is 3. The minimum Gasteiger partial charge on any atom is -0.490 e. The Balaban J connectivity index is 2.17. The minimum atomic E-state index is -0.422. The highest BCUT2D eigenvalue weighted by Gasteiger charge is 2.09. The number of nitrogens with zero attached hydrogens (tertiary/aromatic N) is 1. The predicted octanol–water partition coefficient (Wildman–Crippen LogP) is 4.33. The summed E-state index contributed by atoms with van der Waals surface area (Å²) in [6.45, 7) is 2.33. The third kappa shape index (κ3) is 3.87. The molecule has 0 radical (unpaired) electrons. The molecule has 0 saturated heterocycles. The third-order valence-electron chi connectivity index (χ3n) is 2.77. The van der Waals surface area contributed by atoms with Crippen LogP contribution in [-0.2, 0) is 6.61 Å². The Morgan fingerprint density at radius 2 is 1.95 bits per heavy atom. The first kappa shape index (κ1) is 15.1. The summed E-state index contributed by atoms with van der Waals surface area (Å²) in [7, 11) is 0. The van der Waals surface area contributed by atoms with Crippen LogP contribution in [0.4, 0.5) is 4.39 Å². The van der Waals surface area contributed by atoms with E-state index in [0.29, 0.717) is 34.3 Å². The fourth-order valence-electron chi connectivity index (χ4n) is 1.76. The fraction of sp³-hybridized carbons (Fsp3) is 0.188. The van der Waals surface area contributed by atoms with Gasteiger partial charge in [0, 0.05) is 16.7 Å². The summed E-state index contributed by atoms with van der Waals surface area (Å²) in [5.74, 6) is 0.505. The number of halogens is 2. The minimum absolute atomic E-state index is 0.0506. The molecule has 2 aromatic rings. The van der Waals surface area contributed by atoms with Crippen molar-refractivity contribution in [2.75, 3.05) is 6.61 Å². The smallest absolute Gasteiger partial charge is 0.162 e. The normalized spacial score (nSPS) is 10.0. The van der Waals surface area contributed by atoms with Gasteiger partial charge in [-0.25, -0.2) is 4.39 Å². The summed E-state index contributed by atoms with van der Waals surface area (Å²) in [4.78, 5) is 0. The highest BCUT2D eigenvalue weighted by molar-refractivity contribution is 6.30. The molecule has 0 N–H and O–H groups in total. The van der Waals surface area contributed by atoms with Gasteiger partial charge >= 0.3 is 0 Å². The molecular formula is C16H13ClFNO2. The Kier molecular flexibility index (Phi) is 5.02. The van der Waals surface area contributed by atoms with E-state index in [9.17, 15) is 4.39 Å². The SMILES string of the molecule is CCOc1cc(C#N)ccc1OCc1ccc(Cl)cc1F. The van der Waals surface area contributed by atoms with Crippen LogP contribution >= 0.6 is 11.6 Å². The van der Waals surface area contributed by atoms with Crippen LogP contribution in [0.25, 0.3) is 0 Å². The number of ether oxygens (including phenoxy) is 2. The van der Waals surface area contributed by atoms with E-state index in [1.54, 1.807) is 30.3 Å². The fourth-order valence-corrected chi connectivity index (χ4v) is 1.92. The topological polar surface area (TPSA) is 42.2 Å². The second-order valence-electron chi connectivity index (χ2n) is 4.23. The lowest BCUT2D eigenvalue weighted by Crippen LogP contribution is -2.01. The average Bonchev–Trinajstić information content (AvgIpc) is 2.47. The van der Waals surface area contributed by atoms with Crippen molar-refractivity contribution in [2.24, 2.45) is 0 Å². The molecule has 21 heavy (non-hydrogen) atoms. The molecule has 0 heterocycles. The Hall–Kier alpha value is -2.25. The van der Waals surface area contributed by atoms with Gasteiger partial charge in [0.15, 0.2) is 11.5 Å². The van der Waals surface area contributed by atoms with Crippen molar-refractivity contribution >= 4 is 11.6 Å². The van der Waals surface area contributed by atoms with E-state index in [-0.39, 0.29) is 6.61 Å². The first-order valence-electron chi connectivity index (χ1n) is 6.37. The zero-order chi connectivity index (χ0) is 15.2. The van der Waals surface area contributed by atoms with Gasteiger partial charge < -0.3 is 9.47 Å². The Morgan fingerprint density at radius 3 is 2.62 bits per heavy atom. The second kappa shape index (κ2) is 6.96. The number of nitriles is 1. The van der Waals surface area contributed by atoms with Gasteiger partial charge in [-0.3, -0.25) is 0 Å². The van der Waals surface area contributed by atoms with E-state index in [1.165, 1.54) is 6.07 Å². The standard InChI is InChI=1S/C16H13ClFNO2/c1-2-20-16-7-11(9-19)3-6-15(16)21-10-12-4-5-13(17)8-14(12)18/h3-8H,2,10H2,1H3. The van der Waals surface area contributed by atoms with Crippen LogP contribution in [0.2, 0.25) is 5.02 Å². The molecule has 0 amide bonds. The lowest BCUT2D eigenvalue weighted by molar-refractivity contribution is 0.266. The van der Waals surface area contributed by atoms with Crippen molar-refractivity contribution in [1.82, 2.24) is 0 Å². The Morgan fingerprint density at radius 1 is 1.14 bits per heavy atom. The summed E-state index contributed by atoms with van der Waals surface area (Å²) in [5, 5.41) is 9.22. The molecule has 0 aliphatic heterocycles. The summed E-state index contributed by atoms with van der Waals surface area (Å²) in [6.07, 6.45) is 0. The Bertz CT molecular complexity index is 682. The maximum atomic E-state index is 13.7. The van der Waals surface area contributed by atoms with Gasteiger partial charge in [-0.1, -0.05) is 17.7 Å². The van der Waals surface area contributed by atoms with Crippen molar-refractivity contribution in [2.45, 2.75) is 13.5 Å². The van der Waals surface area contributed by atoms with E-state index in [0.717, 1.165) is 0 Å². The molecule has 0 aliphatic carbocycles. The molecule has 0 unspecified atom stereocenters. The molecule has 0 aliphatic rings. The molecule has 0 atom stereocenters. The largest absolute Gasteiger partial charge is 0.490 e. The van der Waals surface area contributed by atoms with Gasteiger partial charge in [-0.15, -0.1) is 0 Å². The monoisotopic (exact) mass is 305 g/mol. The van der Waals surface area contributed by atoms with Crippen molar-refractivity contribution in [3.05, 3.63) is 58.4 Å². The van der Waals surface area contributed by atoms with Crippen molar-refractivity contribution in [3.8, 4) is 17.6 Å². The van der Waals surface area contributed by atoms with E-state index < -0.39 is 5.82 Å². The first-order chi connectivity index (χ1) is 10.1. The molecule has 2 aromatic carbocycles. The highest BCUT2D eigenvalue weighted by atomic mass is 35.5. The molecule has 5 heteroatoms. The molecular weight excluding hydrogens is 293 g/mol. The third-order valence-corrected chi connectivity index (χ3v) is 3.01. The quantitative estimate of drug-likeness (QED) is 0.825. The van der Waals surface area contributed by atoms with Crippen LogP contribution in [0.1, 0.15) is 18.1 Å². The second-order valence-corrected chi connectivity index (χ2v) is 4.67. The lowest BCUT2D eigenvalue weighted by atomic mass is 10.2. The molecule has 108 valence electrons. The summed E-state index contributed by atoms with van der Waals surface area (Å²) in [6, 6.07) is 11.3. The van der Waals surface area contributed by atoms with E-state index in [2.05, 4.69) is 0 Å². The molecule has 0 bridgehead atoms. The number of benzene rings is 2. The molecule has 3 nitrogen and oxygen atoms in total. The molecule has 2 rings (SSSR count).